The largest absolute Gasteiger partial charge is 0.483 e. The van der Waals surface area contributed by atoms with Crippen molar-refractivity contribution in [2.24, 2.45) is 0 Å². The highest BCUT2D eigenvalue weighted by Crippen LogP contribution is 2.27. The fourth-order valence-electron chi connectivity index (χ4n) is 3.78. The van der Waals surface area contributed by atoms with Crippen LogP contribution in [0.1, 0.15) is 30.5 Å². The van der Waals surface area contributed by atoms with Crippen LogP contribution in [0.3, 0.4) is 0 Å². The molecular weight excluding hydrogens is 563 g/mol. The fraction of sp³-hybridized carbons (Fsp3) is 0.286. The Kier molecular flexibility index (Phi) is 10.7. The first-order valence-corrected chi connectivity index (χ1v) is 13.3. The lowest BCUT2D eigenvalue weighted by atomic mass is 10.0. The highest BCUT2D eigenvalue weighted by atomic mass is 79.9. The van der Waals surface area contributed by atoms with Gasteiger partial charge >= 0.3 is 0 Å². The van der Waals surface area contributed by atoms with Crippen molar-refractivity contribution < 1.29 is 14.3 Å². The number of carbonyl (C=O) groups is 2. The third-order valence-electron chi connectivity index (χ3n) is 5.73. The van der Waals surface area contributed by atoms with Gasteiger partial charge in [0, 0.05) is 29.6 Å². The molecule has 0 saturated carbocycles. The number of likely N-dealkylation sites (N-methyl/N-ethyl adjacent to an activating group) is 1. The SMILES string of the molecule is CCNC(=O)C(Cc1ccccc1)N(Cc1ccc(Cl)cc1Cl)C(=O)COc1ccc(CC)cc1Br. The number of halogens is 3. The summed E-state index contributed by atoms with van der Waals surface area (Å²) in [6.45, 7) is 4.25. The van der Waals surface area contributed by atoms with Crippen molar-refractivity contribution >= 4 is 50.9 Å². The Morgan fingerprint density at radius 2 is 1.75 bits per heavy atom. The van der Waals surface area contributed by atoms with Crippen LogP contribution in [-0.4, -0.2) is 35.9 Å². The molecule has 0 spiro atoms. The molecule has 8 heteroatoms. The van der Waals surface area contributed by atoms with Gasteiger partial charge in [0.25, 0.3) is 5.91 Å². The van der Waals surface area contributed by atoms with Crippen molar-refractivity contribution in [2.75, 3.05) is 13.2 Å². The minimum Gasteiger partial charge on any atom is -0.483 e. The number of carbonyl (C=O) groups excluding carboxylic acids is 2. The molecular formula is C28H29BrCl2N2O3. The molecule has 0 aliphatic heterocycles. The summed E-state index contributed by atoms with van der Waals surface area (Å²) in [4.78, 5) is 28.4. The normalized spacial score (nSPS) is 11.6. The van der Waals surface area contributed by atoms with Gasteiger partial charge in [-0.25, -0.2) is 0 Å². The van der Waals surface area contributed by atoms with Crippen molar-refractivity contribution in [3.63, 3.8) is 0 Å². The third kappa shape index (κ3) is 7.73. The van der Waals surface area contributed by atoms with E-state index in [1.165, 1.54) is 4.90 Å². The molecule has 0 heterocycles. The van der Waals surface area contributed by atoms with Crippen LogP contribution >= 0.6 is 39.1 Å². The topological polar surface area (TPSA) is 58.6 Å². The molecule has 1 N–H and O–H groups in total. The predicted octanol–water partition coefficient (Wildman–Crippen LogP) is 6.47. The summed E-state index contributed by atoms with van der Waals surface area (Å²) in [6.07, 6.45) is 1.24. The molecule has 2 amide bonds. The molecule has 0 saturated heterocycles. The van der Waals surface area contributed by atoms with Gasteiger partial charge in [0.05, 0.1) is 4.47 Å². The highest BCUT2D eigenvalue weighted by Gasteiger charge is 2.31. The van der Waals surface area contributed by atoms with Crippen molar-refractivity contribution in [1.29, 1.82) is 0 Å². The summed E-state index contributed by atoms with van der Waals surface area (Å²) in [6, 6.07) is 19.7. The van der Waals surface area contributed by atoms with Crippen molar-refractivity contribution in [2.45, 2.75) is 39.3 Å². The molecule has 0 aliphatic rings. The summed E-state index contributed by atoms with van der Waals surface area (Å²) in [5.74, 6) is -0.0180. The van der Waals surface area contributed by atoms with Crippen LogP contribution in [0.15, 0.2) is 71.2 Å². The van der Waals surface area contributed by atoms with E-state index in [0.717, 1.165) is 22.0 Å². The number of nitrogens with one attached hydrogen (secondary N) is 1. The van der Waals surface area contributed by atoms with Gasteiger partial charge in [0.15, 0.2) is 6.61 Å². The van der Waals surface area contributed by atoms with E-state index in [9.17, 15) is 9.59 Å². The number of hydrogen-bond acceptors (Lipinski definition) is 3. The maximum atomic E-state index is 13.6. The lowest BCUT2D eigenvalue weighted by Gasteiger charge is -2.31. The van der Waals surface area contributed by atoms with E-state index in [2.05, 4.69) is 28.2 Å². The second-order valence-corrected chi connectivity index (χ2v) is 9.96. The fourth-order valence-corrected chi connectivity index (χ4v) is 4.79. The number of aryl methyl sites for hydroxylation is 1. The van der Waals surface area contributed by atoms with E-state index in [0.29, 0.717) is 34.3 Å². The molecule has 0 radical (unpaired) electrons. The zero-order chi connectivity index (χ0) is 26.1. The summed E-state index contributed by atoms with van der Waals surface area (Å²) < 4.78 is 6.65. The summed E-state index contributed by atoms with van der Waals surface area (Å²) in [7, 11) is 0. The Balaban J connectivity index is 1.92. The van der Waals surface area contributed by atoms with E-state index in [1.54, 1.807) is 18.2 Å². The molecule has 36 heavy (non-hydrogen) atoms. The monoisotopic (exact) mass is 590 g/mol. The molecule has 5 nitrogen and oxygen atoms in total. The van der Waals surface area contributed by atoms with E-state index >= 15 is 0 Å². The van der Waals surface area contributed by atoms with Crippen molar-refractivity contribution in [1.82, 2.24) is 10.2 Å². The molecule has 3 aromatic carbocycles. The Bertz CT molecular complexity index is 1190. The summed E-state index contributed by atoms with van der Waals surface area (Å²) in [5.41, 5.74) is 2.77. The zero-order valence-corrected chi connectivity index (χ0v) is 23.4. The van der Waals surface area contributed by atoms with Gasteiger partial charge in [0.2, 0.25) is 5.91 Å². The second kappa shape index (κ2) is 13.7. The molecule has 1 atom stereocenters. The van der Waals surface area contributed by atoms with Gasteiger partial charge in [0.1, 0.15) is 11.8 Å². The maximum absolute atomic E-state index is 13.6. The number of ether oxygens (including phenoxy) is 1. The number of hydrogen-bond donors (Lipinski definition) is 1. The smallest absolute Gasteiger partial charge is 0.261 e. The number of nitrogens with zero attached hydrogens (tertiary/aromatic N) is 1. The molecule has 3 rings (SSSR count). The Hall–Kier alpha value is -2.54. The summed E-state index contributed by atoms with van der Waals surface area (Å²) >= 11 is 16.0. The Labute approximate surface area is 230 Å². The van der Waals surface area contributed by atoms with Gasteiger partial charge in [-0.15, -0.1) is 0 Å². The highest BCUT2D eigenvalue weighted by molar-refractivity contribution is 9.10. The van der Waals surface area contributed by atoms with E-state index in [1.807, 2.05) is 55.5 Å². The first-order valence-electron chi connectivity index (χ1n) is 11.8. The average Bonchev–Trinajstić information content (AvgIpc) is 2.87. The van der Waals surface area contributed by atoms with Crippen LogP contribution in [0.25, 0.3) is 0 Å². The maximum Gasteiger partial charge on any atom is 0.261 e. The molecule has 0 bridgehead atoms. The van der Waals surface area contributed by atoms with Crippen LogP contribution in [0.2, 0.25) is 10.0 Å². The second-order valence-electron chi connectivity index (χ2n) is 8.26. The molecule has 0 aliphatic carbocycles. The van der Waals surface area contributed by atoms with Gasteiger partial charge < -0.3 is 15.0 Å². The van der Waals surface area contributed by atoms with E-state index in [-0.39, 0.29) is 25.0 Å². The van der Waals surface area contributed by atoms with Crippen LogP contribution in [0.4, 0.5) is 0 Å². The number of benzene rings is 3. The van der Waals surface area contributed by atoms with Crippen molar-refractivity contribution in [3.8, 4) is 5.75 Å². The first-order chi connectivity index (χ1) is 17.3. The van der Waals surface area contributed by atoms with Crippen LogP contribution in [0, 0.1) is 0 Å². The molecule has 0 aromatic heterocycles. The third-order valence-corrected chi connectivity index (χ3v) is 6.94. The number of rotatable bonds is 11. The summed E-state index contributed by atoms with van der Waals surface area (Å²) in [5, 5.41) is 3.79. The van der Waals surface area contributed by atoms with Gasteiger partial charge in [-0.3, -0.25) is 9.59 Å². The Morgan fingerprint density at radius 1 is 1.00 bits per heavy atom. The zero-order valence-electron chi connectivity index (χ0n) is 20.3. The van der Waals surface area contributed by atoms with Crippen LogP contribution < -0.4 is 10.1 Å². The molecule has 190 valence electrons. The van der Waals surface area contributed by atoms with Gasteiger partial charge in [-0.2, -0.15) is 0 Å². The average molecular weight is 592 g/mol. The minimum atomic E-state index is -0.763. The quantitative estimate of drug-likeness (QED) is 0.278. The standard InChI is InChI=1S/C28H29BrCl2N2O3/c1-3-19-10-13-26(23(29)14-19)36-18-27(34)33(17-21-11-12-22(30)16-24(21)31)25(28(35)32-4-2)15-20-8-6-5-7-9-20/h5-14,16,25H,3-4,15,17-18H2,1-2H3,(H,32,35). The minimum absolute atomic E-state index is 0.128. The number of amides is 2. The van der Waals surface area contributed by atoms with E-state index < -0.39 is 6.04 Å². The van der Waals surface area contributed by atoms with Crippen LogP contribution in [0.5, 0.6) is 5.75 Å². The van der Waals surface area contributed by atoms with E-state index in [4.69, 9.17) is 27.9 Å². The Morgan fingerprint density at radius 3 is 2.39 bits per heavy atom. The van der Waals surface area contributed by atoms with Crippen LogP contribution in [-0.2, 0) is 29.0 Å². The molecule has 3 aromatic rings. The lowest BCUT2D eigenvalue weighted by molar-refractivity contribution is -0.142. The van der Waals surface area contributed by atoms with Crippen molar-refractivity contribution in [3.05, 3.63) is 97.9 Å². The predicted molar refractivity (Wildman–Crippen MR) is 149 cm³/mol. The molecule has 1 unspecified atom stereocenters. The lowest BCUT2D eigenvalue weighted by Crippen LogP contribution is -2.51. The molecule has 0 fully saturated rings. The van der Waals surface area contributed by atoms with Gasteiger partial charge in [-0.1, -0.05) is 72.6 Å². The van der Waals surface area contributed by atoms with Gasteiger partial charge in [-0.05, 0) is 70.2 Å². The first kappa shape index (κ1) is 28.0.